The average Bonchev–Trinajstić information content (AvgIpc) is 2.63. The van der Waals surface area contributed by atoms with Crippen molar-refractivity contribution in [3.63, 3.8) is 0 Å². The summed E-state index contributed by atoms with van der Waals surface area (Å²) in [6.07, 6.45) is 0. The Bertz CT molecular complexity index is 525. The average molecular weight is 380 g/mol. The molecule has 0 N–H and O–H groups in total. The Morgan fingerprint density at radius 1 is 0.680 bits per heavy atom. The van der Waals surface area contributed by atoms with Gasteiger partial charge in [0.15, 0.2) is 0 Å². The smallest absolute Gasteiger partial charge is 0.297 e. The van der Waals surface area contributed by atoms with Crippen LogP contribution in [0.15, 0.2) is 35.2 Å². The lowest BCUT2D eigenvalue weighted by atomic mass is 10.4. The number of hydrogen-bond acceptors (Lipinski definition) is 7. The molecule has 0 aromatic heterocycles. The Morgan fingerprint density at radius 2 is 1.12 bits per heavy atom. The molecule has 0 aliphatic carbocycles. The van der Waals surface area contributed by atoms with Crippen LogP contribution >= 0.6 is 0 Å². The highest BCUT2D eigenvalue weighted by Crippen LogP contribution is 2.10. The van der Waals surface area contributed by atoms with Crippen molar-refractivity contribution in [1.29, 1.82) is 0 Å². The molecule has 0 fully saturated rings. The summed E-state index contributed by atoms with van der Waals surface area (Å²) in [6.45, 7) is 1.97. The fraction of sp³-hybridized carbons (Fsp3) is 0.625. The lowest BCUT2D eigenvalue weighted by molar-refractivity contribution is -0.00539. The molecule has 144 valence electrons. The van der Waals surface area contributed by atoms with Gasteiger partial charge in [0, 0.05) is 0 Å². The molecule has 0 bridgehead atoms. The first-order valence-corrected chi connectivity index (χ1v) is 9.39. The van der Waals surface area contributed by atoms with Crippen molar-refractivity contribution in [3.05, 3.63) is 30.3 Å². The third kappa shape index (κ3) is 11.2. The molecule has 0 aliphatic rings. The summed E-state index contributed by atoms with van der Waals surface area (Å²) in [5.74, 6) is 0. The minimum atomic E-state index is -3.74. The minimum absolute atomic E-state index is 0.0563. The van der Waals surface area contributed by atoms with Crippen LogP contribution < -0.4 is 0 Å². The van der Waals surface area contributed by atoms with Crippen molar-refractivity contribution in [2.75, 3.05) is 66.1 Å². The van der Waals surface area contributed by atoms with Crippen molar-refractivity contribution < 1.29 is 35.9 Å². The summed E-state index contributed by atoms with van der Waals surface area (Å²) in [5, 5.41) is 0. The van der Waals surface area contributed by atoms with Crippen molar-refractivity contribution >= 4 is 10.1 Å². The molecule has 1 aromatic carbocycles. The van der Waals surface area contributed by atoms with Crippen LogP contribution in [0.5, 0.6) is 0 Å². The van der Waals surface area contributed by atoms with Gasteiger partial charge < -0.3 is 18.9 Å². The van der Waals surface area contributed by atoms with E-state index in [4.69, 9.17) is 23.1 Å². The lowest BCUT2D eigenvalue weighted by Crippen LogP contribution is -2.15. The van der Waals surface area contributed by atoms with Gasteiger partial charge in [-0.1, -0.05) is 18.2 Å². The maximum Gasteiger partial charge on any atom is 0.297 e. The molecule has 0 unspecified atom stereocenters. The molecular weight excluding hydrogens is 355 g/mol. The summed E-state index contributed by atoms with van der Waals surface area (Å²) in [4.78, 5) is 0.119. The topological polar surface area (TPSA) is 80.3 Å². The van der Waals surface area contributed by atoms with Crippen molar-refractivity contribution in [3.8, 4) is 0 Å². The third-order valence-corrected chi connectivity index (χ3v) is 4.16. The molecule has 0 atom stereocenters. The zero-order valence-corrected chi connectivity index (χ0v) is 14.9. The number of hydrogen-bond donors (Lipinski definition) is 0. The highest BCUT2D eigenvalue weighted by Gasteiger charge is 2.13. The van der Waals surface area contributed by atoms with Crippen LogP contribution in [0, 0.1) is 0 Å². The normalized spacial score (nSPS) is 11.7. The second-order valence-corrected chi connectivity index (χ2v) is 6.34. The Labute approximate surface area is 148 Å². The van der Waals surface area contributed by atoms with E-state index in [1.165, 1.54) is 12.1 Å². The van der Waals surface area contributed by atoms with Crippen LogP contribution in [0.2, 0.25) is 0 Å². The van der Waals surface area contributed by atoms with Crippen LogP contribution in [-0.2, 0) is 33.2 Å². The molecule has 0 spiro atoms. The van der Waals surface area contributed by atoms with Crippen LogP contribution in [0.25, 0.3) is 0 Å². The predicted octanol–water partition coefficient (Wildman–Crippen LogP) is 1.43. The molecule has 1 rings (SSSR count). The standard InChI is InChI=1S/C16H25FO7S/c17-6-7-20-8-9-21-10-11-22-12-13-23-14-15-24-25(18,19)16-4-2-1-3-5-16/h1-5H,6-15H2. The fourth-order valence-electron chi connectivity index (χ4n) is 1.67. The van der Waals surface area contributed by atoms with E-state index in [2.05, 4.69) is 0 Å². The van der Waals surface area contributed by atoms with Gasteiger partial charge in [-0.15, -0.1) is 0 Å². The number of alkyl halides is 1. The van der Waals surface area contributed by atoms with Crippen LogP contribution in [0.1, 0.15) is 0 Å². The van der Waals surface area contributed by atoms with Crippen molar-refractivity contribution in [2.24, 2.45) is 0 Å². The minimum Gasteiger partial charge on any atom is -0.377 e. The van der Waals surface area contributed by atoms with Gasteiger partial charge in [0.1, 0.15) is 6.67 Å². The molecule has 0 saturated carbocycles. The molecule has 1 aromatic rings. The summed E-state index contributed by atoms with van der Waals surface area (Å²) >= 11 is 0. The quantitative estimate of drug-likeness (QED) is 0.317. The van der Waals surface area contributed by atoms with Crippen LogP contribution in [0.4, 0.5) is 4.39 Å². The molecule has 0 radical (unpaired) electrons. The number of rotatable bonds is 16. The van der Waals surface area contributed by atoms with Crippen LogP contribution in [0.3, 0.4) is 0 Å². The molecule has 9 heteroatoms. The zero-order chi connectivity index (χ0) is 18.2. The van der Waals surface area contributed by atoms with Crippen molar-refractivity contribution in [2.45, 2.75) is 4.90 Å². The van der Waals surface area contributed by atoms with Gasteiger partial charge in [-0.25, -0.2) is 4.39 Å². The SMILES string of the molecule is O=S(=O)(OCCOCCOCCOCCOCCF)c1ccccc1. The van der Waals surface area contributed by atoms with Gasteiger partial charge in [-0.2, -0.15) is 8.42 Å². The van der Waals surface area contributed by atoms with E-state index < -0.39 is 16.8 Å². The molecule has 0 amide bonds. The molecule has 7 nitrogen and oxygen atoms in total. The van der Waals surface area contributed by atoms with E-state index >= 15 is 0 Å². The largest absolute Gasteiger partial charge is 0.377 e. The molecular formula is C16H25FO7S. The van der Waals surface area contributed by atoms with E-state index in [1.54, 1.807) is 18.2 Å². The first kappa shape index (κ1) is 21.9. The predicted molar refractivity (Wildman–Crippen MR) is 88.8 cm³/mol. The highest BCUT2D eigenvalue weighted by molar-refractivity contribution is 7.86. The van der Waals surface area contributed by atoms with Gasteiger partial charge >= 0.3 is 0 Å². The summed E-state index contributed by atoms with van der Waals surface area (Å²) < 4.78 is 60.8. The summed E-state index contributed by atoms with van der Waals surface area (Å²) in [7, 11) is -3.74. The highest BCUT2D eigenvalue weighted by atomic mass is 32.2. The molecule has 0 saturated heterocycles. The van der Waals surface area contributed by atoms with Gasteiger partial charge in [-0.05, 0) is 12.1 Å². The van der Waals surface area contributed by atoms with Gasteiger partial charge in [-0.3, -0.25) is 4.18 Å². The van der Waals surface area contributed by atoms with E-state index in [1.807, 2.05) is 0 Å². The first-order valence-electron chi connectivity index (χ1n) is 7.98. The lowest BCUT2D eigenvalue weighted by Gasteiger charge is -2.08. The van der Waals surface area contributed by atoms with Crippen LogP contribution in [-0.4, -0.2) is 74.6 Å². The second kappa shape index (κ2) is 14.1. The number of benzene rings is 1. The second-order valence-electron chi connectivity index (χ2n) is 4.73. The van der Waals surface area contributed by atoms with E-state index in [0.717, 1.165) is 0 Å². The van der Waals surface area contributed by atoms with E-state index in [-0.39, 0.29) is 24.7 Å². The van der Waals surface area contributed by atoms with Gasteiger partial charge in [0.25, 0.3) is 10.1 Å². The Hall–Kier alpha value is -1.10. The Balaban J connectivity index is 1.89. The number of halogens is 1. The Morgan fingerprint density at radius 3 is 1.60 bits per heavy atom. The molecule has 25 heavy (non-hydrogen) atoms. The van der Waals surface area contributed by atoms with Crippen molar-refractivity contribution in [1.82, 2.24) is 0 Å². The maximum absolute atomic E-state index is 11.8. The Kier molecular flexibility index (Phi) is 12.4. The first-order chi connectivity index (χ1) is 12.2. The summed E-state index contributed by atoms with van der Waals surface area (Å²) in [6, 6.07) is 7.93. The fourth-order valence-corrected chi connectivity index (χ4v) is 2.59. The molecule has 0 aliphatic heterocycles. The molecule has 0 heterocycles. The number of ether oxygens (including phenoxy) is 4. The summed E-state index contributed by atoms with van der Waals surface area (Å²) in [5.41, 5.74) is 0. The van der Waals surface area contributed by atoms with E-state index in [0.29, 0.717) is 39.6 Å². The van der Waals surface area contributed by atoms with Gasteiger partial charge in [0.05, 0.1) is 64.4 Å². The van der Waals surface area contributed by atoms with E-state index in [9.17, 15) is 12.8 Å². The third-order valence-electron chi connectivity index (χ3n) is 2.84. The monoisotopic (exact) mass is 380 g/mol. The zero-order valence-electron chi connectivity index (χ0n) is 14.1. The van der Waals surface area contributed by atoms with Gasteiger partial charge in [0.2, 0.25) is 0 Å². The maximum atomic E-state index is 11.8.